The van der Waals surface area contributed by atoms with Crippen LogP contribution in [0, 0.1) is 0 Å². The van der Waals surface area contributed by atoms with Crippen LogP contribution in [0.15, 0.2) is 36.8 Å². The number of aromatic nitrogens is 1. The average Bonchev–Trinajstić information content (AvgIpc) is 1.88. The standard InChI is InChI=1S/C8H10N2/c1-7(9)6-8-2-4-10-5-3-8/h2-5H,1,6,9H2. The van der Waals surface area contributed by atoms with Gasteiger partial charge in [0, 0.05) is 24.5 Å². The smallest absolute Gasteiger partial charge is 0.0270 e. The normalized spacial score (nSPS) is 9.20. The fraction of sp³-hybridized carbons (Fsp3) is 0.125. The van der Waals surface area contributed by atoms with Gasteiger partial charge < -0.3 is 5.73 Å². The Labute approximate surface area is 60.4 Å². The number of nitrogens with zero attached hydrogens (tertiary/aromatic N) is 1. The first kappa shape index (κ1) is 6.81. The van der Waals surface area contributed by atoms with E-state index in [0.717, 1.165) is 12.0 Å². The molecule has 0 aliphatic rings. The Morgan fingerprint density at radius 2 is 2.10 bits per heavy atom. The molecule has 0 aromatic carbocycles. The maximum Gasteiger partial charge on any atom is 0.0270 e. The molecule has 0 spiro atoms. The molecule has 0 saturated heterocycles. The SMILES string of the molecule is C=C(N)Cc1ccncc1. The van der Waals surface area contributed by atoms with Crippen molar-refractivity contribution in [3.05, 3.63) is 42.4 Å². The molecule has 0 saturated carbocycles. The minimum atomic E-state index is 0.686. The van der Waals surface area contributed by atoms with Crippen LogP contribution in [0.5, 0.6) is 0 Å². The van der Waals surface area contributed by atoms with Crippen LogP contribution in [0.4, 0.5) is 0 Å². The maximum atomic E-state index is 5.41. The molecule has 2 nitrogen and oxygen atoms in total. The second kappa shape index (κ2) is 3.01. The maximum absolute atomic E-state index is 5.41. The lowest BCUT2D eigenvalue weighted by atomic mass is 10.2. The summed E-state index contributed by atoms with van der Waals surface area (Å²) in [5.74, 6) is 0. The van der Waals surface area contributed by atoms with E-state index in [-0.39, 0.29) is 0 Å². The van der Waals surface area contributed by atoms with Gasteiger partial charge in [0.1, 0.15) is 0 Å². The lowest BCUT2D eigenvalue weighted by Gasteiger charge is -1.97. The van der Waals surface area contributed by atoms with Gasteiger partial charge in [0.15, 0.2) is 0 Å². The van der Waals surface area contributed by atoms with Crippen LogP contribution in [0.3, 0.4) is 0 Å². The Morgan fingerprint density at radius 1 is 1.50 bits per heavy atom. The van der Waals surface area contributed by atoms with Crippen molar-refractivity contribution in [2.75, 3.05) is 0 Å². The van der Waals surface area contributed by atoms with E-state index in [9.17, 15) is 0 Å². The van der Waals surface area contributed by atoms with E-state index >= 15 is 0 Å². The summed E-state index contributed by atoms with van der Waals surface area (Å²) in [4.78, 5) is 3.88. The predicted molar refractivity (Wildman–Crippen MR) is 41.3 cm³/mol. The number of hydrogen-bond donors (Lipinski definition) is 1. The molecular weight excluding hydrogens is 124 g/mol. The Bertz CT molecular complexity index is 216. The van der Waals surface area contributed by atoms with E-state index in [1.807, 2.05) is 12.1 Å². The van der Waals surface area contributed by atoms with Crippen LogP contribution < -0.4 is 5.73 Å². The number of rotatable bonds is 2. The van der Waals surface area contributed by atoms with Gasteiger partial charge in [0.2, 0.25) is 0 Å². The summed E-state index contributed by atoms with van der Waals surface area (Å²) in [5, 5.41) is 0. The van der Waals surface area contributed by atoms with E-state index in [4.69, 9.17) is 5.73 Å². The van der Waals surface area contributed by atoms with E-state index in [1.165, 1.54) is 0 Å². The molecule has 2 N–H and O–H groups in total. The molecule has 0 aliphatic heterocycles. The highest BCUT2D eigenvalue weighted by molar-refractivity contribution is 5.15. The van der Waals surface area contributed by atoms with Gasteiger partial charge in [0.05, 0.1) is 0 Å². The summed E-state index contributed by atoms with van der Waals surface area (Å²) in [5.41, 5.74) is 7.25. The zero-order valence-corrected chi connectivity index (χ0v) is 5.75. The van der Waals surface area contributed by atoms with Crippen molar-refractivity contribution >= 4 is 0 Å². The van der Waals surface area contributed by atoms with E-state index in [2.05, 4.69) is 11.6 Å². The second-order valence-corrected chi connectivity index (χ2v) is 2.19. The van der Waals surface area contributed by atoms with Crippen molar-refractivity contribution in [2.45, 2.75) is 6.42 Å². The van der Waals surface area contributed by atoms with Crippen LogP contribution in [-0.4, -0.2) is 4.98 Å². The van der Waals surface area contributed by atoms with Crippen LogP contribution in [0.2, 0.25) is 0 Å². The van der Waals surface area contributed by atoms with Gasteiger partial charge in [-0.2, -0.15) is 0 Å². The van der Waals surface area contributed by atoms with Gasteiger partial charge in [-0.25, -0.2) is 0 Å². The van der Waals surface area contributed by atoms with E-state index in [0.29, 0.717) is 5.70 Å². The Morgan fingerprint density at radius 3 is 2.60 bits per heavy atom. The Hall–Kier alpha value is -1.31. The quantitative estimate of drug-likeness (QED) is 0.657. The van der Waals surface area contributed by atoms with Crippen molar-refractivity contribution in [3.8, 4) is 0 Å². The monoisotopic (exact) mass is 134 g/mol. The summed E-state index contributed by atoms with van der Waals surface area (Å²) in [6, 6.07) is 3.86. The molecule has 0 bridgehead atoms. The third-order valence-corrected chi connectivity index (χ3v) is 1.18. The topological polar surface area (TPSA) is 38.9 Å². The first-order valence-electron chi connectivity index (χ1n) is 3.11. The van der Waals surface area contributed by atoms with Gasteiger partial charge >= 0.3 is 0 Å². The molecule has 1 heterocycles. The lowest BCUT2D eigenvalue weighted by molar-refractivity contribution is 1.11. The molecule has 0 amide bonds. The summed E-state index contributed by atoms with van der Waals surface area (Å²) in [6.07, 6.45) is 4.24. The molecule has 0 aliphatic carbocycles. The third-order valence-electron chi connectivity index (χ3n) is 1.18. The van der Waals surface area contributed by atoms with Gasteiger partial charge in [0.25, 0.3) is 0 Å². The molecule has 1 aromatic heterocycles. The zero-order valence-electron chi connectivity index (χ0n) is 5.75. The molecule has 0 atom stereocenters. The van der Waals surface area contributed by atoms with Crippen molar-refractivity contribution in [1.29, 1.82) is 0 Å². The molecule has 1 rings (SSSR count). The molecule has 0 radical (unpaired) electrons. The molecule has 52 valence electrons. The molecule has 10 heavy (non-hydrogen) atoms. The highest BCUT2D eigenvalue weighted by Crippen LogP contribution is 1.99. The van der Waals surface area contributed by atoms with E-state index < -0.39 is 0 Å². The molecule has 0 unspecified atom stereocenters. The molecule has 0 fully saturated rings. The van der Waals surface area contributed by atoms with Gasteiger partial charge in [-0.1, -0.05) is 6.58 Å². The Kier molecular flexibility index (Phi) is 2.05. The van der Waals surface area contributed by atoms with Gasteiger partial charge in [-0.05, 0) is 17.7 Å². The first-order chi connectivity index (χ1) is 4.79. The number of hydrogen-bond acceptors (Lipinski definition) is 2. The predicted octanol–water partition coefficient (Wildman–Crippen LogP) is 1.10. The van der Waals surface area contributed by atoms with Crippen LogP contribution in [0.25, 0.3) is 0 Å². The van der Waals surface area contributed by atoms with Gasteiger partial charge in [-0.3, -0.25) is 4.98 Å². The third kappa shape index (κ3) is 1.90. The van der Waals surface area contributed by atoms with Crippen LogP contribution >= 0.6 is 0 Å². The minimum absolute atomic E-state index is 0.686. The molecule has 1 aromatic rings. The highest BCUT2D eigenvalue weighted by atomic mass is 14.6. The van der Waals surface area contributed by atoms with Crippen molar-refractivity contribution < 1.29 is 0 Å². The van der Waals surface area contributed by atoms with Crippen molar-refractivity contribution in [3.63, 3.8) is 0 Å². The average molecular weight is 134 g/mol. The summed E-state index contributed by atoms with van der Waals surface area (Å²) < 4.78 is 0. The van der Waals surface area contributed by atoms with Crippen molar-refractivity contribution in [2.24, 2.45) is 5.73 Å². The summed E-state index contributed by atoms with van der Waals surface area (Å²) >= 11 is 0. The number of pyridine rings is 1. The number of nitrogens with two attached hydrogens (primary N) is 1. The van der Waals surface area contributed by atoms with Crippen LogP contribution in [-0.2, 0) is 6.42 Å². The summed E-state index contributed by atoms with van der Waals surface area (Å²) in [6.45, 7) is 3.61. The fourth-order valence-electron chi connectivity index (χ4n) is 0.763. The fourth-order valence-corrected chi connectivity index (χ4v) is 0.763. The molecule has 2 heteroatoms. The zero-order chi connectivity index (χ0) is 7.40. The van der Waals surface area contributed by atoms with Gasteiger partial charge in [-0.15, -0.1) is 0 Å². The summed E-state index contributed by atoms with van der Waals surface area (Å²) in [7, 11) is 0. The largest absolute Gasteiger partial charge is 0.402 e. The Balaban J connectivity index is 2.67. The minimum Gasteiger partial charge on any atom is -0.402 e. The highest BCUT2D eigenvalue weighted by Gasteiger charge is 1.89. The first-order valence-corrected chi connectivity index (χ1v) is 3.11. The second-order valence-electron chi connectivity index (χ2n) is 2.19. The van der Waals surface area contributed by atoms with Crippen LogP contribution in [0.1, 0.15) is 5.56 Å². The molecular formula is C8H10N2. The van der Waals surface area contributed by atoms with E-state index in [1.54, 1.807) is 12.4 Å². The van der Waals surface area contributed by atoms with Crippen molar-refractivity contribution in [1.82, 2.24) is 4.98 Å². The number of allylic oxidation sites excluding steroid dienone is 1. The lowest BCUT2D eigenvalue weighted by Crippen LogP contribution is -1.98.